The highest BCUT2D eigenvalue weighted by Gasteiger charge is 2.16. The van der Waals surface area contributed by atoms with E-state index in [2.05, 4.69) is 17.4 Å². The summed E-state index contributed by atoms with van der Waals surface area (Å²) in [6.07, 6.45) is 4.17. The highest BCUT2D eigenvalue weighted by atomic mass is 32.2. The van der Waals surface area contributed by atoms with Gasteiger partial charge in [0, 0.05) is 25.8 Å². The Labute approximate surface area is 160 Å². The second-order valence-electron chi connectivity index (χ2n) is 6.74. The van der Waals surface area contributed by atoms with Crippen LogP contribution in [0, 0.1) is 0 Å². The summed E-state index contributed by atoms with van der Waals surface area (Å²) >= 11 is 0. The fourth-order valence-corrected chi connectivity index (χ4v) is 3.66. The first-order chi connectivity index (χ1) is 12.9. The molecule has 0 aliphatic carbocycles. The number of hydrogen-bond acceptors (Lipinski definition) is 5. The number of benzene rings is 2. The predicted octanol–water partition coefficient (Wildman–Crippen LogP) is 1.31. The lowest BCUT2D eigenvalue weighted by molar-refractivity contribution is 0.130. The number of aliphatic hydroxyl groups is 1. The molecular formula is C20H25N3O3S. The van der Waals surface area contributed by atoms with Gasteiger partial charge in [-0.3, -0.25) is 0 Å². The van der Waals surface area contributed by atoms with Gasteiger partial charge in [0.25, 0.3) is 0 Å². The topological polar surface area (TPSA) is 95.7 Å². The molecule has 6 nitrogen and oxygen atoms in total. The van der Waals surface area contributed by atoms with E-state index in [1.54, 1.807) is 12.1 Å². The maximum Gasteiger partial charge on any atom is 0.238 e. The lowest BCUT2D eigenvalue weighted by Gasteiger charge is -2.27. The van der Waals surface area contributed by atoms with Crippen LogP contribution >= 0.6 is 0 Å². The van der Waals surface area contributed by atoms with Crippen molar-refractivity contribution in [2.75, 3.05) is 19.6 Å². The van der Waals surface area contributed by atoms with Crippen LogP contribution in [0.3, 0.4) is 0 Å². The molecule has 2 aromatic carbocycles. The quantitative estimate of drug-likeness (QED) is 0.594. The zero-order valence-corrected chi connectivity index (χ0v) is 15.9. The van der Waals surface area contributed by atoms with E-state index in [1.807, 2.05) is 35.4 Å². The Morgan fingerprint density at radius 2 is 1.96 bits per heavy atom. The Balaban J connectivity index is 1.46. The molecule has 7 heteroatoms. The van der Waals surface area contributed by atoms with Crippen molar-refractivity contribution >= 4 is 16.1 Å². The molecule has 0 saturated heterocycles. The van der Waals surface area contributed by atoms with Gasteiger partial charge in [-0.2, -0.15) is 0 Å². The zero-order chi connectivity index (χ0) is 19.3. The molecule has 3 rings (SSSR count). The molecule has 0 aromatic heterocycles. The number of aliphatic hydroxyl groups excluding tert-OH is 1. The average Bonchev–Trinajstić information content (AvgIpc) is 2.65. The Morgan fingerprint density at radius 3 is 2.70 bits per heavy atom. The third-order valence-corrected chi connectivity index (χ3v) is 5.45. The predicted molar refractivity (Wildman–Crippen MR) is 106 cm³/mol. The number of primary sulfonamides is 1. The molecule has 1 unspecified atom stereocenters. The minimum atomic E-state index is -3.70. The van der Waals surface area contributed by atoms with Crippen LogP contribution in [0.25, 0.3) is 6.08 Å². The number of hydrogen-bond donors (Lipinski definition) is 3. The van der Waals surface area contributed by atoms with E-state index in [1.165, 1.54) is 11.6 Å². The second kappa shape index (κ2) is 8.67. The van der Waals surface area contributed by atoms with Crippen molar-refractivity contribution in [2.24, 2.45) is 5.14 Å². The van der Waals surface area contributed by atoms with Crippen LogP contribution < -0.4 is 10.5 Å². The first-order valence-corrected chi connectivity index (χ1v) is 10.5. The van der Waals surface area contributed by atoms with Crippen molar-refractivity contribution in [3.63, 3.8) is 0 Å². The smallest absolute Gasteiger partial charge is 0.238 e. The van der Waals surface area contributed by atoms with E-state index >= 15 is 0 Å². The van der Waals surface area contributed by atoms with E-state index in [9.17, 15) is 13.5 Å². The fraction of sp³-hybridized carbons (Fsp3) is 0.300. The Hall–Kier alpha value is -2.19. The molecule has 1 heterocycles. The lowest BCUT2D eigenvalue weighted by atomic mass is 10.0. The standard InChI is InChI=1S/C20H25N3O3S/c21-27(25,26)20-7-6-18-14-23(11-9-17(18)12-20)15-19(24)13-22-10-8-16-4-2-1-3-5-16/h1-7,9,11-12,19,22,24H,8,10,13-15H2,(H2,21,25,26). The highest BCUT2D eigenvalue weighted by Crippen LogP contribution is 2.22. The van der Waals surface area contributed by atoms with Crippen LogP contribution in [0.2, 0.25) is 0 Å². The molecule has 2 aromatic rings. The largest absolute Gasteiger partial charge is 0.390 e. The summed E-state index contributed by atoms with van der Waals surface area (Å²) in [4.78, 5) is 2.13. The highest BCUT2D eigenvalue weighted by molar-refractivity contribution is 7.89. The summed E-state index contributed by atoms with van der Waals surface area (Å²) in [5, 5.41) is 18.7. The van der Waals surface area contributed by atoms with Gasteiger partial charge in [-0.1, -0.05) is 36.4 Å². The van der Waals surface area contributed by atoms with E-state index in [0.29, 0.717) is 19.6 Å². The third-order valence-electron chi connectivity index (χ3n) is 4.54. The van der Waals surface area contributed by atoms with E-state index in [-0.39, 0.29) is 4.90 Å². The van der Waals surface area contributed by atoms with Crippen LogP contribution in [0.1, 0.15) is 16.7 Å². The van der Waals surface area contributed by atoms with Gasteiger partial charge in [-0.15, -0.1) is 0 Å². The molecule has 0 saturated carbocycles. The molecule has 4 N–H and O–H groups in total. The number of nitrogens with zero attached hydrogens (tertiary/aromatic N) is 1. The average molecular weight is 388 g/mol. The fourth-order valence-electron chi connectivity index (χ4n) is 3.11. The van der Waals surface area contributed by atoms with Crippen LogP contribution in [0.4, 0.5) is 0 Å². The van der Waals surface area contributed by atoms with Crippen molar-refractivity contribution in [1.29, 1.82) is 0 Å². The van der Waals surface area contributed by atoms with Gasteiger partial charge in [0.2, 0.25) is 10.0 Å². The molecule has 0 fully saturated rings. The van der Waals surface area contributed by atoms with Crippen LogP contribution in [0.15, 0.2) is 59.6 Å². The van der Waals surface area contributed by atoms with Gasteiger partial charge in [-0.25, -0.2) is 13.6 Å². The summed E-state index contributed by atoms with van der Waals surface area (Å²) in [6.45, 7) is 2.47. The molecule has 27 heavy (non-hydrogen) atoms. The number of sulfonamides is 1. The van der Waals surface area contributed by atoms with Gasteiger partial charge in [0.1, 0.15) is 0 Å². The number of nitrogens with two attached hydrogens (primary N) is 1. The van der Waals surface area contributed by atoms with E-state index in [0.717, 1.165) is 24.1 Å². The van der Waals surface area contributed by atoms with Crippen molar-refractivity contribution < 1.29 is 13.5 Å². The minimum absolute atomic E-state index is 0.113. The van der Waals surface area contributed by atoms with Gasteiger partial charge < -0.3 is 15.3 Å². The lowest BCUT2D eigenvalue weighted by Crippen LogP contribution is -2.37. The summed E-state index contributed by atoms with van der Waals surface area (Å²) in [7, 11) is -3.70. The van der Waals surface area contributed by atoms with Crippen LogP contribution in [-0.4, -0.2) is 44.2 Å². The molecular weight excluding hydrogens is 362 g/mol. The summed E-state index contributed by atoms with van der Waals surface area (Å²) in [5.74, 6) is 0. The third kappa shape index (κ3) is 5.64. The van der Waals surface area contributed by atoms with Crippen LogP contribution in [0.5, 0.6) is 0 Å². The van der Waals surface area contributed by atoms with Gasteiger partial charge in [-0.05, 0) is 47.9 Å². The second-order valence-corrected chi connectivity index (χ2v) is 8.31. The van der Waals surface area contributed by atoms with Crippen molar-refractivity contribution in [3.05, 3.63) is 71.4 Å². The Bertz CT molecular complexity index is 898. The first-order valence-electron chi connectivity index (χ1n) is 8.92. The molecule has 144 valence electrons. The van der Waals surface area contributed by atoms with Gasteiger partial charge >= 0.3 is 0 Å². The Kier molecular flexibility index (Phi) is 6.28. The zero-order valence-electron chi connectivity index (χ0n) is 15.1. The van der Waals surface area contributed by atoms with Crippen molar-refractivity contribution in [1.82, 2.24) is 10.2 Å². The SMILES string of the molecule is NS(=O)(=O)c1ccc2c(c1)C=CN(CC(O)CNCCc1ccccc1)C2. The Morgan fingerprint density at radius 1 is 1.19 bits per heavy atom. The number of β-amino-alcohol motifs (C(OH)–C–C–N with tert-alkyl or cyclic N) is 1. The van der Waals surface area contributed by atoms with Crippen molar-refractivity contribution in [2.45, 2.75) is 24.0 Å². The number of rotatable bonds is 8. The molecule has 1 aliphatic heterocycles. The van der Waals surface area contributed by atoms with E-state index < -0.39 is 16.1 Å². The normalized spacial score (nSPS) is 14.8. The summed E-state index contributed by atoms with van der Waals surface area (Å²) in [5.41, 5.74) is 3.12. The van der Waals surface area contributed by atoms with Gasteiger partial charge in [0.15, 0.2) is 0 Å². The number of fused-ring (bicyclic) bond motifs is 1. The monoisotopic (exact) mass is 387 g/mol. The molecule has 0 bridgehead atoms. The molecule has 0 amide bonds. The summed E-state index contributed by atoms with van der Waals surface area (Å²) < 4.78 is 22.9. The maximum atomic E-state index is 11.4. The molecule has 0 spiro atoms. The maximum absolute atomic E-state index is 11.4. The number of nitrogens with one attached hydrogen (secondary N) is 1. The molecule has 1 atom stereocenters. The van der Waals surface area contributed by atoms with Gasteiger partial charge in [0.05, 0.1) is 11.0 Å². The first kappa shape index (κ1) is 19.6. The van der Waals surface area contributed by atoms with E-state index in [4.69, 9.17) is 5.14 Å². The van der Waals surface area contributed by atoms with Crippen LogP contribution in [-0.2, 0) is 23.0 Å². The minimum Gasteiger partial charge on any atom is -0.390 e. The molecule has 1 aliphatic rings. The summed E-state index contributed by atoms with van der Waals surface area (Å²) in [6, 6.07) is 15.1. The molecule has 0 radical (unpaired) electrons. The van der Waals surface area contributed by atoms with Crippen molar-refractivity contribution in [3.8, 4) is 0 Å².